The third kappa shape index (κ3) is 3.03. The molecule has 114 valence electrons. The predicted molar refractivity (Wildman–Crippen MR) is 80.7 cm³/mol. The van der Waals surface area contributed by atoms with E-state index in [9.17, 15) is 5.11 Å². The minimum atomic E-state index is -0.161. The van der Waals surface area contributed by atoms with Gasteiger partial charge >= 0.3 is 0 Å². The molecular formula is C14H15N5O2S. The Bertz CT molecular complexity index is 741. The van der Waals surface area contributed by atoms with Gasteiger partial charge in [0.2, 0.25) is 5.13 Å². The average Bonchev–Trinajstić information content (AvgIpc) is 3.15. The van der Waals surface area contributed by atoms with Gasteiger partial charge in [0.1, 0.15) is 17.3 Å². The summed E-state index contributed by atoms with van der Waals surface area (Å²) in [6.07, 6.45) is 0.614. The van der Waals surface area contributed by atoms with E-state index in [0.717, 1.165) is 16.3 Å². The van der Waals surface area contributed by atoms with Crippen LogP contribution in [-0.2, 0) is 24.4 Å². The number of methoxy groups -OCH3 is 1. The lowest BCUT2D eigenvalue weighted by atomic mass is 10.1. The number of ether oxygens (including phenoxy) is 1. The maximum atomic E-state index is 9.48. The summed E-state index contributed by atoms with van der Waals surface area (Å²) in [5.74, 6) is 0. The first-order valence-electron chi connectivity index (χ1n) is 6.71. The number of aliphatic hydroxyl groups excluding tert-OH is 1. The molecule has 0 bridgehead atoms. The Hall–Kier alpha value is -2.16. The first kappa shape index (κ1) is 14.8. The Balaban J connectivity index is 1.95. The van der Waals surface area contributed by atoms with Crippen LogP contribution in [0.4, 0.5) is 0 Å². The SMILES string of the molecule is COCc1nnc(-n2nnc(CO)c2Cc2ccccc2)s1. The lowest BCUT2D eigenvalue weighted by molar-refractivity contribution is 0.184. The zero-order chi connectivity index (χ0) is 15.4. The number of rotatable bonds is 6. The molecule has 2 aromatic heterocycles. The first-order chi connectivity index (χ1) is 10.8. The molecule has 0 spiro atoms. The number of aliphatic hydroxyl groups is 1. The largest absolute Gasteiger partial charge is 0.390 e. The standard InChI is InChI=1S/C14H15N5O2S/c1-21-9-13-16-17-14(22-13)19-12(11(8-20)15-18-19)7-10-5-3-2-4-6-10/h2-6,20H,7-9H2,1H3. The van der Waals surface area contributed by atoms with Crippen LogP contribution in [0.25, 0.3) is 5.13 Å². The second kappa shape index (κ2) is 6.73. The summed E-state index contributed by atoms with van der Waals surface area (Å²) >= 11 is 1.39. The fraction of sp³-hybridized carbons (Fsp3) is 0.286. The fourth-order valence-corrected chi connectivity index (χ4v) is 2.87. The van der Waals surface area contributed by atoms with E-state index >= 15 is 0 Å². The summed E-state index contributed by atoms with van der Waals surface area (Å²) in [5.41, 5.74) is 2.48. The molecule has 0 aliphatic carbocycles. The van der Waals surface area contributed by atoms with Crippen LogP contribution in [0.15, 0.2) is 30.3 Å². The van der Waals surface area contributed by atoms with E-state index in [-0.39, 0.29) is 6.61 Å². The lowest BCUT2D eigenvalue weighted by Gasteiger charge is -2.04. The molecule has 0 saturated heterocycles. The normalized spacial score (nSPS) is 11.0. The van der Waals surface area contributed by atoms with Crippen LogP contribution in [0.3, 0.4) is 0 Å². The lowest BCUT2D eigenvalue weighted by Crippen LogP contribution is -2.04. The van der Waals surface area contributed by atoms with Crippen molar-refractivity contribution in [2.24, 2.45) is 0 Å². The molecule has 0 radical (unpaired) electrons. The number of aromatic nitrogens is 5. The summed E-state index contributed by atoms with van der Waals surface area (Å²) < 4.78 is 6.69. The van der Waals surface area contributed by atoms with E-state index in [2.05, 4.69) is 20.5 Å². The topological polar surface area (TPSA) is 86.0 Å². The van der Waals surface area contributed by atoms with Crippen molar-refractivity contribution in [2.75, 3.05) is 7.11 Å². The molecule has 0 saturated carbocycles. The molecule has 0 unspecified atom stereocenters. The van der Waals surface area contributed by atoms with Crippen molar-refractivity contribution in [2.45, 2.75) is 19.6 Å². The van der Waals surface area contributed by atoms with Gasteiger partial charge in [-0.15, -0.1) is 15.3 Å². The van der Waals surface area contributed by atoms with Gasteiger partial charge in [0.25, 0.3) is 0 Å². The highest BCUT2D eigenvalue weighted by atomic mass is 32.1. The van der Waals surface area contributed by atoms with Gasteiger partial charge in [-0.2, -0.15) is 4.68 Å². The van der Waals surface area contributed by atoms with E-state index in [1.165, 1.54) is 11.3 Å². The molecule has 0 atom stereocenters. The van der Waals surface area contributed by atoms with E-state index in [0.29, 0.717) is 23.9 Å². The summed E-state index contributed by atoms with van der Waals surface area (Å²) in [5, 5.41) is 27.2. The van der Waals surface area contributed by atoms with Crippen molar-refractivity contribution < 1.29 is 9.84 Å². The number of hydrogen-bond donors (Lipinski definition) is 1. The zero-order valence-electron chi connectivity index (χ0n) is 12.0. The Morgan fingerprint density at radius 1 is 1.18 bits per heavy atom. The predicted octanol–water partition coefficient (Wildman–Crippen LogP) is 1.35. The Labute approximate surface area is 131 Å². The third-order valence-electron chi connectivity index (χ3n) is 3.11. The molecule has 3 aromatic rings. The van der Waals surface area contributed by atoms with Gasteiger partial charge in [-0.1, -0.05) is 46.9 Å². The van der Waals surface area contributed by atoms with Crippen LogP contribution >= 0.6 is 11.3 Å². The smallest absolute Gasteiger partial charge is 0.234 e. The van der Waals surface area contributed by atoms with E-state index in [1.54, 1.807) is 11.8 Å². The maximum Gasteiger partial charge on any atom is 0.234 e. The molecule has 0 aliphatic heterocycles. The second-order valence-electron chi connectivity index (χ2n) is 4.63. The second-order valence-corrected chi connectivity index (χ2v) is 5.67. The zero-order valence-corrected chi connectivity index (χ0v) is 12.8. The van der Waals surface area contributed by atoms with Crippen molar-refractivity contribution in [3.8, 4) is 5.13 Å². The van der Waals surface area contributed by atoms with Gasteiger partial charge in [-0.25, -0.2) is 0 Å². The fourth-order valence-electron chi connectivity index (χ4n) is 2.09. The minimum Gasteiger partial charge on any atom is -0.390 e. The molecule has 0 fully saturated rings. The highest BCUT2D eigenvalue weighted by Gasteiger charge is 2.17. The highest BCUT2D eigenvalue weighted by molar-refractivity contribution is 7.13. The van der Waals surface area contributed by atoms with Crippen molar-refractivity contribution in [3.05, 3.63) is 52.3 Å². The van der Waals surface area contributed by atoms with Gasteiger partial charge in [-0.05, 0) is 5.56 Å². The van der Waals surface area contributed by atoms with Crippen molar-refractivity contribution in [1.29, 1.82) is 0 Å². The summed E-state index contributed by atoms with van der Waals surface area (Å²) in [6, 6.07) is 9.96. The Morgan fingerprint density at radius 2 is 2.00 bits per heavy atom. The van der Waals surface area contributed by atoms with Gasteiger partial charge in [-0.3, -0.25) is 0 Å². The average molecular weight is 317 g/mol. The Kier molecular flexibility index (Phi) is 4.52. The third-order valence-corrected chi connectivity index (χ3v) is 3.99. The molecule has 22 heavy (non-hydrogen) atoms. The molecular weight excluding hydrogens is 302 g/mol. The monoisotopic (exact) mass is 317 g/mol. The van der Waals surface area contributed by atoms with Crippen LogP contribution < -0.4 is 0 Å². The minimum absolute atomic E-state index is 0.161. The summed E-state index contributed by atoms with van der Waals surface area (Å²) in [4.78, 5) is 0. The van der Waals surface area contributed by atoms with Crippen LogP contribution in [0.2, 0.25) is 0 Å². The molecule has 0 aliphatic rings. The molecule has 0 amide bonds. The molecule has 3 rings (SSSR count). The van der Waals surface area contributed by atoms with Gasteiger partial charge in [0.15, 0.2) is 0 Å². The van der Waals surface area contributed by atoms with Crippen molar-refractivity contribution >= 4 is 11.3 Å². The highest BCUT2D eigenvalue weighted by Crippen LogP contribution is 2.20. The van der Waals surface area contributed by atoms with E-state index in [4.69, 9.17) is 4.74 Å². The van der Waals surface area contributed by atoms with Crippen LogP contribution in [0, 0.1) is 0 Å². The van der Waals surface area contributed by atoms with Crippen molar-refractivity contribution in [3.63, 3.8) is 0 Å². The van der Waals surface area contributed by atoms with Crippen molar-refractivity contribution in [1.82, 2.24) is 25.2 Å². The number of hydrogen-bond acceptors (Lipinski definition) is 7. The van der Waals surface area contributed by atoms with Gasteiger partial charge < -0.3 is 9.84 Å². The maximum absolute atomic E-state index is 9.48. The van der Waals surface area contributed by atoms with E-state index < -0.39 is 0 Å². The summed E-state index contributed by atoms with van der Waals surface area (Å²) in [7, 11) is 1.61. The number of nitrogens with zero attached hydrogens (tertiary/aromatic N) is 5. The quantitative estimate of drug-likeness (QED) is 0.738. The molecule has 1 N–H and O–H groups in total. The molecule has 1 aromatic carbocycles. The molecule has 7 nitrogen and oxygen atoms in total. The van der Waals surface area contributed by atoms with Gasteiger partial charge in [0, 0.05) is 13.5 Å². The van der Waals surface area contributed by atoms with Crippen LogP contribution in [0.5, 0.6) is 0 Å². The Morgan fingerprint density at radius 3 is 2.73 bits per heavy atom. The molecule has 2 heterocycles. The van der Waals surface area contributed by atoms with Crippen LogP contribution in [0.1, 0.15) is 22.0 Å². The number of benzene rings is 1. The summed E-state index contributed by atoms with van der Waals surface area (Å²) in [6.45, 7) is 0.249. The van der Waals surface area contributed by atoms with Gasteiger partial charge in [0.05, 0.1) is 12.3 Å². The molecule has 8 heteroatoms. The van der Waals surface area contributed by atoms with Crippen LogP contribution in [-0.4, -0.2) is 37.4 Å². The van der Waals surface area contributed by atoms with E-state index in [1.807, 2.05) is 30.3 Å². The first-order valence-corrected chi connectivity index (χ1v) is 7.53.